The summed E-state index contributed by atoms with van der Waals surface area (Å²) in [5, 5.41) is 0. The first-order valence-electron chi connectivity index (χ1n) is 7.48. The third-order valence-electron chi connectivity index (χ3n) is 3.82. The van der Waals surface area contributed by atoms with Crippen LogP contribution in [0.3, 0.4) is 0 Å². The molecule has 0 spiro atoms. The first-order valence-corrected chi connectivity index (χ1v) is 8.92. The van der Waals surface area contributed by atoms with Gasteiger partial charge >= 0.3 is 0 Å². The molecule has 0 fully saturated rings. The maximum atomic E-state index is 13.2. The molecule has 0 bridgehead atoms. The number of nitrogens with zero attached hydrogens (tertiary/aromatic N) is 1. The highest BCUT2D eigenvalue weighted by molar-refractivity contribution is 7.93. The van der Waals surface area contributed by atoms with Crippen LogP contribution in [0, 0.1) is 0 Å². The minimum atomic E-state index is -3.80. The Balaban J connectivity index is 2.12. The number of benzene rings is 2. The molecule has 6 nitrogen and oxygen atoms in total. The number of hydrogen-bond acceptors (Lipinski definition) is 5. The Hall–Kier alpha value is -2.41. The minimum Gasteiger partial charge on any atom is -0.497 e. The standard InChI is InChI=1S/C17H19NO5S/c1-12-11-18(14-6-4-5-7-15(14)23-12)24(19,20)17-9-8-13(21-2)10-16(17)22-3/h4-10,12H,11H2,1-3H3. The van der Waals surface area contributed by atoms with Crippen molar-refractivity contribution in [3.05, 3.63) is 42.5 Å². The summed E-state index contributed by atoms with van der Waals surface area (Å²) in [7, 11) is -0.852. The maximum absolute atomic E-state index is 13.2. The van der Waals surface area contributed by atoms with E-state index in [1.807, 2.05) is 13.0 Å². The summed E-state index contributed by atoms with van der Waals surface area (Å²) in [6, 6.07) is 11.7. The van der Waals surface area contributed by atoms with Gasteiger partial charge in [-0.25, -0.2) is 8.42 Å². The van der Waals surface area contributed by atoms with E-state index in [0.717, 1.165) is 0 Å². The van der Waals surface area contributed by atoms with Crippen molar-refractivity contribution in [2.24, 2.45) is 0 Å². The molecule has 0 amide bonds. The lowest BCUT2D eigenvalue weighted by atomic mass is 10.2. The van der Waals surface area contributed by atoms with Crippen molar-refractivity contribution < 1.29 is 22.6 Å². The Labute approximate surface area is 141 Å². The van der Waals surface area contributed by atoms with Crippen molar-refractivity contribution in [3.8, 4) is 17.2 Å². The Morgan fingerprint density at radius 3 is 2.58 bits per heavy atom. The van der Waals surface area contributed by atoms with E-state index in [1.54, 1.807) is 30.3 Å². The number of rotatable bonds is 4. The molecule has 0 N–H and O–H groups in total. The van der Waals surface area contributed by atoms with Gasteiger partial charge in [-0.2, -0.15) is 0 Å². The number of anilines is 1. The fourth-order valence-electron chi connectivity index (χ4n) is 2.68. The lowest BCUT2D eigenvalue weighted by Crippen LogP contribution is -2.42. The van der Waals surface area contributed by atoms with Crippen LogP contribution in [-0.2, 0) is 10.0 Å². The third kappa shape index (κ3) is 2.75. The van der Waals surface area contributed by atoms with Crippen LogP contribution >= 0.6 is 0 Å². The molecule has 2 aromatic rings. The summed E-state index contributed by atoms with van der Waals surface area (Å²) < 4.78 is 43.9. The zero-order valence-corrected chi connectivity index (χ0v) is 14.5. The van der Waals surface area contributed by atoms with E-state index in [1.165, 1.54) is 24.6 Å². The Morgan fingerprint density at radius 1 is 1.12 bits per heavy atom. The Morgan fingerprint density at radius 2 is 1.88 bits per heavy atom. The van der Waals surface area contributed by atoms with Crippen molar-refractivity contribution in [2.45, 2.75) is 17.9 Å². The van der Waals surface area contributed by atoms with Crippen molar-refractivity contribution in [1.29, 1.82) is 0 Å². The van der Waals surface area contributed by atoms with E-state index in [9.17, 15) is 8.42 Å². The molecule has 1 atom stereocenters. The first-order chi connectivity index (χ1) is 11.5. The third-order valence-corrected chi connectivity index (χ3v) is 5.64. The molecule has 0 aliphatic carbocycles. The van der Waals surface area contributed by atoms with Gasteiger partial charge in [0.15, 0.2) is 0 Å². The second-order valence-electron chi connectivity index (χ2n) is 5.45. The van der Waals surface area contributed by atoms with E-state index < -0.39 is 10.0 Å². The minimum absolute atomic E-state index is 0.0923. The molecule has 0 saturated carbocycles. The predicted octanol–water partition coefficient (Wildman–Crippen LogP) is 2.68. The van der Waals surface area contributed by atoms with Gasteiger partial charge in [-0.05, 0) is 31.2 Å². The van der Waals surface area contributed by atoms with Gasteiger partial charge in [-0.3, -0.25) is 4.31 Å². The van der Waals surface area contributed by atoms with Crippen LogP contribution in [0.2, 0.25) is 0 Å². The molecular formula is C17H19NO5S. The molecule has 1 heterocycles. The van der Waals surface area contributed by atoms with Crippen LogP contribution in [0.15, 0.2) is 47.4 Å². The fourth-order valence-corrected chi connectivity index (χ4v) is 4.37. The summed E-state index contributed by atoms with van der Waals surface area (Å²) in [6.45, 7) is 2.07. The quantitative estimate of drug-likeness (QED) is 0.849. The lowest BCUT2D eigenvalue weighted by molar-refractivity contribution is 0.219. The summed E-state index contributed by atoms with van der Waals surface area (Å²) in [5.74, 6) is 1.32. The largest absolute Gasteiger partial charge is 0.497 e. The normalized spacial score (nSPS) is 17.0. The molecule has 0 radical (unpaired) electrons. The molecule has 0 aromatic heterocycles. The number of para-hydroxylation sites is 2. The van der Waals surface area contributed by atoms with Crippen LogP contribution in [0.1, 0.15) is 6.92 Å². The molecule has 2 aromatic carbocycles. The molecule has 128 valence electrons. The molecule has 7 heteroatoms. The molecule has 1 aliphatic rings. The van der Waals surface area contributed by atoms with Crippen LogP contribution < -0.4 is 18.5 Å². The number of ether oxygens (including phenoxy) is 3. The smallest absolute Gasteiger partial charge is 0.268 e. The lowest BCUT2D eigenvalue weighted by Gasteiger charge is -2.34. The van der Waals surface area contributed by atoms with Crippen LogP contribution in [0.5, 0.6) is 17.2 Å². The highest BCUT2D eigenvalue weighted by Crippen LogP contribution is 2.39. The van der Waals surface area contributed by atoms with E-state index in [4.69, 9.17) is 14.2 Å². The SMILES string of the molecule is COc1ccc(S(=O)(=O)N2CC(C)Oc3ccccc32)c(OC)c1. The van der Waals surface area contributed by atoms with E-state index in [0.29, 0.717) is 17.2 Å². The number of fused-ring (bicyclic) bond motifs is 1. The zero-order valence-electron chi connectivity index (χ0n) is 13.7. The molecule has 24 heavy (non-hydrogen) atoms. The summed E-state index contributed by atoms with van der Waals surface area (Å²) in [4.78, 5) is 0.0923. The highest BCUT2D eigenvalue weighted by atomic mass is 32.2. The van der Waals surface area contributed by atoms with Crippen molar-refractivity contribution >= 4 is 15.7 Å². The van der Waals surface area contributed by atoms with Crippen LogP contribution in [-0.4, -0.2) is 35.3 Å². The number of sulfonamides is 1. The highest BCUT2D eigenvalue weighted by Gasteiger charge is 2.34. The molecular weight excluding hydrogens is 330 g/mol. The Bertz CT molecular complexity index is 850. The molecule has 1 unspecified atom stereocenters. The van der Waals surface area contributed by atoms with Gasteiger partial charge in [-0.15, -0.1) is 0 Å². The van der Waals surface area contributed by atoms with Crippen molar-refractivity contribution in [2.75, 3.05) is 25.1 Å². The fraction of sp³-hybridized carbons (Fsp3) is 0.294. The van der Waals surface area contributed by atoms with Crippen molar-refractivity contribution in [3.63, 3.8) is 0 Å². The molecule has 0 saturated heterocycles. The van der Waals surface area contributed by atoms with Gasteiger partial charge in [0, 0.05) is 6.07 Å². The van der Waals surface area contributed by atoms with Gasteiger partial charge in [0.1, 0.15) is 28.2 Å². The molecule has 1 aliphatic heterocycles. The first kappa shape index (κ1) is 16.4. The van der Waals surface area contributed by atoms with Crippen LogP contribution in [0.25, 0.3) is 0 Å². The topological polar surface area (TPSA) is 65.1 Å². The van der Waals surface area contributed by atoms with E-state index in [-0.39, 0.29) is 23.3 Å². The summed E-state index contributed by atoms with van der Waals surface area (Å²) in [5.41, 5.74) is 0.522. The van der Waals surface area contributed by atoms with Crippen LogP contribution in [0.4, 0.5) is 5.69 Å². The van der Waals surface area contributed by atoms with Gasteiger partial charge in [-0.1, -0.05) is 12.1 Å². The van der Waals surface area contributed by atoms with Crippen molar-refractivity contribution in [1.82, 2.24) is 0 Å². The zero-order chi connectivity index (χ0) is 17.3. The average molecular weight is 349 g/mol. The summed E-state index contributed by atoms with van der Waals surface area (Å²) in [6.07, 6.45) is -0.251. The monoisotopic (exact) mass is 349 g/mol. The number of hydrogen-bond donors (Lipinski definition) is 0. The number of methoxy groups -OCH3 is 2. The average Bonchev–Trinajstić information content (AvgIpc) is 2.60. The van der Waals surface area contributed by atoms with Gasteiger partial charge in [0.05, 0.1) is 26.5 Å². The second kappa shape index (κ2) is 6.24. The van der Waals surface area contributed by atoms with Gasteiger partial charge < -0.3 is 14.2 Å². The van der Waals surface area contributed by atoms with Gasteiger partial charge in [0.25, 0.3) is 10.0 Å². The van der Waals surface area contributed by atoms with E-state index in [2.05, 4.69) is 0 Å². The predicted molar refractivity (Wildman–Crippen MR) is 90.6 cm³/mol. The molecule has 3 rings (SSSR count). The summed E-state index contributed by atoms with van der Waals surface area (Å²) >= 11 is 0. The van der Waals surface area contributed by atoms with E-state index >= 15 is 0 Å². The van der Waals surface area contributed by atoms with Gasteiger partial charge in [0.2, 0.25) is 0 Å². The Kier molecular flexibility index (Phi) is 4.28. The maximum Gasteiger partial charge on any atom is 0.268 e. The second-order valence-corrected chi connectivity index (χ2v) is 7.28.